The summed E-state index contributed by atoms with van der Waals surface area (Å²) in [6.07, 6.45) is 2.43. The van der Waals surface area contributed by atoms with Crippen molar-refractivity contribution in [3.8, 4) is 0 Å². The van der Waals surface area contributed by atoms with Gasteiger partial charge in [0.05, 0.1) is 0 Å². The van der Waals surface area contributed by atoms with Crippen LogP contribution in [0.2, 0.25) is 0 Å². The lowest BCUT2D eigenvalue weighted by atomic mass is 10.1. The van der Waals surface area contributed by atoms with Crippen LogP contribution in [-0.2, 0) is 4.79 Å². The molecule has 1 aromatic carbocycles. The molecular formula is C12H16N4O. The van der Waals surface area contributed by atoms with Crippen LogP contribution in [0.1, 0.15) is 31.7 Å². The zero-order valence-electron chi connectivity index (χ0n) is 10.1. The zero-order valence-corrected chi connectivity index (χ0v) is 10.1. The Morgan fingerprint density at radius 1 is 1.53 bits per heavy atom. The summed E-state index contributed by atoms with van der Waals surface area (Å²) < 4.78 is 0. The molecule has 5 nitrogen and oxygen atoms in total. The van der Waals surface area contributed by atoms with Gasteiger partial charge >= 0.3 is 0 Å². The summed E-state index contributed by atoms with van der Waals surface area (Å²) >= 11 is 0. The number of benzene rings is 1. The van der Waals surface area contributed by atoms with Gasteiger partial charge in [-0.3, -0.25) is 4.79 Å². The van der Waals surface area contributed by atoms with Gasteiger partial charge in [-0.1, -0.05) is 24.5 Å². The number of nitrogens with one attached hydrogen (secondary N) is 1. The summed E-state index contributed by atoms with van der Waals surface area (Å²) in [4.78, 5) is 14.3. The van der Waals surface area contributed by atoms with Crippen molar-refractivity contribution in [2.45, 2.75) is 33.1 Å². The third-order valence-corrected chi connectivity index (χ3v) is 2.40. The molecule has 1 rings (SSSR count). The molecule has 17 heavy (non-hydrogen) atoms. The van der Waals surface area contributed by atoms with Crippen LogP contribution in [-0.4, -0.2) is 5.91 Å². The average Bonchev–Trinajstić information content (AvgIpc) is 2.30. The van der Waals surface area contributed by atoms with Crippen LogP contribution < -0.4 is 5.32 Å². The van der Waals surface area contributed by atoms with Gasteiger partial charge in [0, 0.05) is 22.7 Å². The highest BCUT2D eigenvalue weighted by molar-refractivity contribution is 5.91. The number of aryl methyl sites for hydroxylation is 1. The highest BCUT2D eigenvalue weighted by Crippen LogP contribution is 2.22. The number of nitrogens with zero attached hydrogens (tertiary/aromatic N) is 3. The van der Waals surface area contributed by atoms with Crippen LogP contribution in [0.15, 0.2) is 23.3 Å². The molecule has 1 aromatic rings. The van der Waals surface area contributed by atoms with Crippen molar-refractivity contribution in [2.75, 3.05) is 5.32 Å². The van der Waals surface area contributed by atoms with Gasteiger partial charge in [0.15, 0.2) is 0 Å². The van der Waals surface area contributed by atoms with Crippen molar-refractivity contribution >= 4 is 17.3 Å². The topological polar surface area (TPSA) is 77.9 Å². The van der Waals surface area contributed by atoms with Crippen molar-refractivity contribution in [1.29, 1.82) is 0 Å². The number of unbranched alkanes of at least 4 members (excludes halogenated alkanes) is 1. The average molecular weight is 232 g/mol. The monoisotopic (exact) mass is 232 g/mol. The normalized spacial score (nSPS) is 9.53. The number of hydrogen-bond acceptors (Lipinski definition) is 2. The van der Waals surface area contributed by atoms with Crippen molar-refractivity contribution in [3.63, 3.8) is 0 Å². The number of carbonyl (C=O) groups excluding carboxylic acids is 1. The Morgan fingerprint density at radius 3 is 2.88 bits per heavy atom. The predicted molar refractivity (Wildman–Crippen MR) is 68.1 cm³/mol. The minimum atomic E-state index is 0.0199. The van der Waals surface area contributed by atoms with Gasteiger partial charge in [-0.2, -0.15) is 0 Å². The largest absolute Gasteiger partial charge is 0.326 e. The Kier molecular flexibility index (Phi) is 5.04. The molecule has 0 aliphatic rings. The summed E-state index contributed by atoms with van der Waals surface area (Å²) in [7, 11) is 0. The number of amides is 1. The minimum Gasteiger partial charge on any atom is -0.326 e. The highest BCUT2D eigenvalue weighted by atomic mass is 16.1. The van der Waals surface area contributed by atoms with E-state index in [2.05, 4.69) is 15.3 Å². The molecule has 0 aliphatic heterocycles. The van der Waals surface area contributed by atoms with Gasteiger partial charge < -0.3 is 5.32 Å². The number of carbonyl (C=O) groups is 1. The standard InChI is InChI=1S/C12H16N4O/c1-3-4-5-12(17)14-11-7-6-10(15-16-13)8-9(11)2/h6-8H,3-5H2,1-2H3,(H,14,17). The van der Waals surface area contributed by atoms with Crippen molar-refractivity contribution in [2.24, 2.45) is 5.11 Å². The summed E-state index contributed by atoms with van der Waals surface area (Å²) in [5, 5.41) is 6.35. The smallest absolute Gasteiger partial charge is 0.224 e. The zero-order chi connectivity index (χ0) is 12.7. The Morgan fingerprint density at radius 2 is 2.29 bits per heavy atom. The Hall–Kier alpha value is -2.00. The van der Waals surface area contributed by atoms with E-state index in [0.717, 1.165) is 24.1 Å². The second-order valence-corrected chi connectivity index (χ2v) is 3.84. The number of anilines is 1. The Bertz CT molecular complexity index is 450. The van der Waals surface area contributed by atoms with Gasteiger partial charge in [0.1, 0.15) is 0 Å². The van der Waals surface area contributed by atoms with Crippen LogP contribution >= 0.6 is 0 Å². The number of azide groups is 1. The molecule has 0 aliphatic carbocycles. The van der Waals surface area contributed by atoms with E-state index in [0.29, 0.717) is 12.1 Å². The second kappa shape index (κ2) is 6.55. The first-order chi connectivity index (χ1) is 8.17. The first kappa shape index (κ1) is 13.1. The third kappa shape index (κ3) is 4.17. The summed E-state index contributed by atoms with van der Waals surface area (Å²) in [5.74, 6) is 0.0199. The molecule has 0 heterocycles. The molecule has 0 bridgehead atoms. The van der Waals surface area contributed by atoms with Crippen LogP contribution in [0.4, 0.5) is 11.4 Å². The quantitative estimate of drug-likeness (QED) is 0.463. The van der Waals surface area contributed by atoms with Crippen molar-refractivity contribution < 1.29 is 4.79 Å². The molecule has 0 saturated heterocycles. The molecule has 0 atom stereocenters. The number of rotatable bonds is 5. The van der Waals surface area contributed by atoms with Gasteiger partial charge in [-0.15, -0.1) is 0 Å². The predicted octanol–water partition coefficient (Wildman–Crippen LogP) is 4.07. The Labute approximate surface area is 100 Å². The van der Waals surface area contributed by atoms with E-state index in [1.54, 1.807) is 18.2 Å². The molecule has 0 radical (unpaired) electrons. The fourth-order valence-electron chi connectivity index (χ4n) is 1.45. The van der Waals surface area contributed by atoms with Gasteiger partial charge in [0.25, 0.3) is 0 Å². The third-order valence-electron chi connectivity index (χ3n) is 2.40. The van der Waals surface area contributed by atoms with E-state index < -0.39 is 0 Å². The fraction of sp³-hybridized carbons (Fsp3) is 0.417. The van der Waals surface area contributed by atoms with E-state index in [1.165, 1.54) is 0 Å². The molecule has 1 N–H and O–H groups in total. The summed E-state index contributed by atoms with van der Waals surface area (Å²) in [6.45, 7) is 3.92. The first-order valence-corrected chi connectivity index (χ1v) is 5.63. The lowest BCUT2D eigenvalue weighted by Crippen LogP contribution is -2.11. The van der Waals surface area contributed by atoms with Crippen LogP contribution in [0.25, 0.3) is 10.4 Å². The molecule has 1 amide bonds. The fourth-order valence-corrected chi connectivity index (χ4v) is 1.45. The SMILES string of the molecule is CCCCC(=O)Nc1ccc(N=[N+]=[N-])cc1C. The lowest BCUT2D eigenvalue weighted by Gasteiger charge is -2.08. The molecule has 0 aromatic heterocycles. The van der Waals surface area contributed by atoms with Crippen molar-refractivity contribution in [3.05, 3.63) is 34.2 Å². The summed E-state index contributed by atoms with van der Waals surface area (Å²) in [5.41, 5.74) is 10.5. The first-order valence-electron chi connectivity index (χ1n) is 5.63. The van der Waals surface area contributed by atoms with Gasteiger partial charge in [0.2, 0.25) is 5.91 Å². The minimum absolute atomic E-state index is 0.0199. The molecular weight excluding hydrogens is 216 g/mol. The maximum absolute atomic E-state index is 11.5. The van der Waals surface area contributed by atoms with Gasteiger partial charge in [-0.25, -0.2) is 0 Å². The highest BCUT2D eigenvalue weighted by Gasteiger charge is 2.04. The molecule has 0 unspecified atom stereocenters. The van der Waals surface area contributed by atoms with E-state index in [9.17, 15) is 4.79 Å². The molecule has 5 heteroatoms. The van der Waals surface area contributed by atoms with Crippen LogP contribution in [0.5, 0.6) is 0 Å². The van der Waals surface area contributed by atoms with Crippen LogP contribution in [0.3, 0.4) is 0 Å². The maximum atomic E-state index is 11.5. The number of hydrogen-bond donors (Lipinski definition) is 1. The molecule has 90 valence electrons. The van der Waals surface area contributed by atoms with Crippen molar-refractivity contribution in [1.82, 2.24) is 0 Å². The molecule has 0 spiro atoms. The van der Waals surface area contributed by atoms with Gasteiger partial charge in [-0.05, 0) is 36.6 Å². The van der Waals surface area contributed by atoms with E-state index in [1.807, 2.05) is 13.8 Å². The maximum Gasteiger partial charge on any atom is 0.224 e. The van der Waals surface area contributed by atoms with E-state index >= 15 is 0 Å². The second-order valence-electron chi connectivity index (χ2n) is 3.84. The lowest BCUT2D eigenvalue weighted by molar-refractivity contribution is -0.116. The van der Waals surface area contributed by atoms with E-state index in [-0.39, 0.29) is 5.91 Å². The summed E-state index contributed by atoms with van der Waals surface area (Å²) in [6, 6.07) is 5.18. The van der Waals surface area contributed by atoms with E-state index in [4.69, 9.17) is 5.53 Å². The van der Waals surface area contributed by atoms with Crippen LogP contribution in [0, 0.1) is 6.92 Å². The molecule has 0 fully saturated rings. The Balaban J connectivity index is 2.72. The molecule has 0 saturated carbocycles.